The molecule has 0 aliphatic heterocycles. The highest BCUT2D eigenvalue weighted by molar-refractivity contribution is 7.99. The Labute approximate surface area is 170 Å². The van der Waals surface area contributed by atoms with E-state index in [-0.39, 0.29) is 11.2 Å². The Morgan fingerprint density at radius 2 is 1.93 bits per heavy atom. The van der Waals surface area contributed by atoms with Gasteiger partial charge in [-0.3, -0.25) is 4.79 Å². The smallest absolute Gasteiger partial charge is 0.247 e. The van der Waals surface area contributed by atoms with Gasteiger partial charge in [-0.25, -0.2) is 0 Å². The first-order valence-corrected chi connectivity index (χ1v) is 9.70. The predicted octanol–water partition coefficient (Wildman–Crippen LogP) is 3.52. The van der Waals surface area contributed by atoms with E-state index in [1.165, 1.54) is 18.7 Å². The Balaban J connectivity index is 1.54. The summed E-state index contributed by atoms with van der Waals surface area (Å²) in [6, 6.07) is 16.9. The van der Waals surface area contributed by atoms with Gasteiger partial charge >= 0.3 is 0 Å². The van der Waals surface area contributed by atoms with E-state index < -0.39 is 0 Å². The lowest BCUT2D eigenvalue weighted by atomic mass is 10.2. The van der Waals surface area contributed by atoms with Crippen molar-refractivity contribution in [2.45, 2.75) is 24.3 Å². The molecular weight excluding hydrogens is 390 g/mol. The van der Waals surface area contributed by atoms with Gasteiger partial charge in [0, 0.05) is 18.2 Å². The fourth-order valence-corrected chi connectivity index (χ4v) is 3.48. The van der Waals surface area contributed by atoms with Crippen LogP contribution >= 0.6 is 11.8 Å². The number of carbonyl (C=O) groups excluding carboxylic acids is 1. The number of hydrogen-bond acceptors (Lipinski definition) is 8. The lowest BCUT2D eigenvalue weighted by molar-refractivity contribution is -0.114. The number of rotatable bonds is 6. The first-order valence-electron chi connectivity index (χ1n) is 8.82. The van der Waals surface area contributed by atoms with Crippen molar-refractivity contribution < 1.29 is 9.21 Å². The van der Waals surface area contributed by atoms with Crippen molar-refractivity contribution >= 4 is 23.4 Å². The van der Waals surface area contributed by atoms with Crippen LogP contribution in [0.2, 0.25) is 0 Å². The fraction of sp³-hybridized carbons (Fsp3) is 0.158. The number of thioether (sulfide) groups is 1. The van der Waals surface area contributed by atoms with Crippen molar-refractivity contribution in [1.29, 1.82) is 0 Å². The molecule has 0 saturated heterocycles. The second-order valence-electron chi connectivity index (χ2n) is 6.18. The number of nitrogens with zero attached hydrogens (tertiary/aromatic N) is 6. The number of hydrogen-bond donors (Lipinski definition) is 1. The minimum atomic E-state index is -0.164. The number of carbonyl (C=O) groups is 1. The molecule has 1 amide bonds. The van der Waals surface area contributed by atoms with Crippen LogP contribution < -0.4 is 5.32 Å². The molecule has 0 saturated carbocycles. The first kappa shape index (κ1) is 18.8. The molecule has 0 fully saturated rings. The van der Waals surface area contributed by atoms with E-state index in [1.807, 2.05) is 49.4 Å². The molecule has 0 aliphatic carbocycles. The molecule has 4 aromatic rings. The second kappa shape index (κ2) is 8.23. The van der Waals surface area contributed by atoms with Crippen LogP contribution in [0.4, 0.5) is 5.69 Å². The second-order valence-corrected chi connectivity index (χ2v) is 7.48. The molecule has 1 N–H and O–H groups in total. The van der Waals surface area contributed by atoms with Gasteiger partial charge in [0.2, 0.25) is 22.8 Å². The lowest BCUT2D eigenvalue weighted by Gasteiger charge is -2.09. The Morgan fingerprint density at radius 3 is 2.72 bits per heavy atom. The topological polar surface area (TPSA) is 112 Å². The van der Waals surface area contributed by atoms with E-state index in [0.717, 1.165) is 11.3 Å². The van der Waals surface area contributed by atoms with E-state index in [1.54, 1.807) is 16.8 Å². The molecule has 0 spiro atoms. The SMILES string of the molecule is CC(=O)Nc1cccc(-n2nnnc2SC(C)c2nnc(-c3ccccc3)o2)c1. The van der Waals surface area contributed by atoms with Crippen molar-refractivity contribution in [3.8, 4) is 17.1 Å². The van der Waals surface area contributed by atoms with Gasteiger partial charge in [0.1, 0.15) is 0 Å². The predicted molar refractivity (Wildman–Crippen MR) is 107 cm³/mol. The Kier molecular flexibility index (Phi) is 5.34. The Hall–Kier alpha value is -3.53. The molecule has 2 aromatic carbocycles. The lowest BCUT2D eigenvalue weighted by Crippen LogP contribution is -2.07. The van der Waals surface area contributed by atoms with Crippen LogP contribution in [-0.2, 0) is 4.79 Å². The Morgan fingerprint density at radius 1 is 1.10 bits per heavy atom. The summed E-state index contributed by atoms with van der Waals surface area (Å²) in [6.07, 6.45) is 0. The van der Waals surface area contributed by atoms with Gasteiger partial charge < -0.3 is 9.73 Å². The molecule has 0 aliphatic rings. The van der Waals surface area contributed by atoms with Gasteiger partial charge in [-0.05, 0) is 47.7 Å². The molecule has 2 heterocycles. The van der Waals surface area contributed by atoms with E-state index >= 15 is 0 Å². The minimum Gasteiger partial charge on any atom is -0.419 e. The summed E-state index contributed by atoms with van der Waals surface area (Å²) in [4.78, 5) is 11.3. The van der Waals surface area contributed by atoms with Crippen LogP contribution in [0.3, 0.4) is 0 Å². The van der Waals surface area contributed by atoms with Crippen LogP contribution in [0.5, 0.6) is 0 Å². The summed E-state index contributed by atoms with van der Waals surface area (Å²) in [5.41, 5.74) is 2.26. The zero-order chi connectivity index (χ0) is 20.2. The third-order valence-corrected chi connectivity index (χ3v) is 4.96. The van der Waals surface area contributed by atoms with E-state index in [0.29, 0.717) is 22.6 Å². The molecule has 0 radical (unpaired) electrons. The number of nitrogens with one attached hydrogen (secondary N) is 1. The van der Waals surface area contributed by atoms with Crippen molar-refractivity contribution in [1.82, 2.24) is 30.4 Å². The highest BCUT2D eigenvalue weighted by Crippen LogP contribution is 2.34. The van der Waals surface area contributed by atoms with E-state index in [9.17, 15) is 4.79 Å². The standard InChI is InChI=1S/C19H17N7O2S/c1-12(17-21-22-18(28-17)14-7-4-3-5-8-14)29-19-23-24-25-26(19)16-10-6-9-15(11-16)20-13(2)27/h3-12H,1-2H3,(H,20,27). The molecule has 10 heteroatoms. The van der Waals surface area contributed by atoms with Crippen molar-refractivity contribution in [3.05, 3.63) is 60.5 Å². The van der Waals surface area contributed by atoms with Gasteiger partial charge in [-0.15, -0.1) is 15.3 Å². The number of aromatic nitrogens is 6. The number of anilines is 1. The minimum absolute atomic E-state index is 0.146. The van der Waals surface area contributed by atoms with Crippen molar-refractivity contribution in [2.75, 3.05) is 5.32 Å². The van der Waals surface area contributed by atoms with Gasteiger partial charge in [0.15, 0.2) is 0 Å². The van der Waals surface area contributed by atoms with Crippen LogP contribution in [0.15, 0.2) is 64.2 Å². The van der Waals surface area contributed by atoms with Crippen LogP contribution in [0, 0.1) is 0 Å². The van der Waals surface area contributed by atoms with Crippen LogP contribution in [0.25, 0.3) is 17.1 Å². The summed E-state index contributed by atoms with van der Waals surface area (Å²) in [5, 5.41) is 23.4. The third kappa shape index (κ3) is 4.32. The first-order chi connectivity index (χ1) is 14.1. The highest BCUT2D eigenvalue weighted by atomic mass is 32.2. The molecule has 29 heavy (non-hydrogen) atoms. The summed E-state index contributed by atoms with van der Waals surface area (Å²) < 4.78 is 7.42. The third-order valence-electron chi connectivity index (χ3n) is 3.94. The fourth-order valence-electron chi connectivity index (χ4n) is 2.64. The quantitative estimate of drug-likeness (QED) is 0.483. The number of amides is 1. The molecule has 2 aromatic heterocycles. The molecule has 146 valence electrons. The van der Waals surface area contributed by atoms with E-state index in [4.69, 9.17) is 4.42 Å². The maximum absolute atomic E-state index is 11.3. The molecule has 1 atom stereocenters. The number of tetrazole rings is 1. The monoisotopic (exact) mass is 407 g/mol. The zero-order valence-corrected chi connectivity index (χ0v) is 16.5. The van der Waals surface area contributed by atoms with Gasteiger partial charge in [-0.2, -0.15) is 4.68 Å². The summed E-state index contributed by atoms with van der Waals surface area (Å²) >= 11 is 1.40. The number of benzene rings is 2. The largest absolute Gasteiger partial charge is 0.419 e. The maximum atomic E-state index is 11.3. The molecule has 1 unspecified atom stereocenters. The molecule has 0 bridgehead atoms. The van der Waals surface area contributed by atoms with Crippen LogP contribution in [0.1, 0.15) is 25.0 Å². The van der Waals surface area contributed by atoms with Crippen molar-refractivity contribution in [2.24, 2.45) is 0 Å². The van der Waals surface area contributed by atoms with E-state index in [2.05, 4.69) is 31.0 Å². The maximum Gasteiger partial charge on any atom is 0.247 e. The van der Waals surface area contributed by atoms with Crippen molar-refractivity contribution in [3.63, 3.8) is 0 Å². The molecule has 4 rings (SSSR count). The van der Waals surface area contributed by atoms with Gasteiger partial charge in [0.25, 0.3) is 0 Å². The average molecular weight is 407 g/mol. The Bertz CT molecular complexity index is 1130. The van der Waals surface area contributed by atoms with Gasteiger partial charge in [-0.1, -0.05) is 36.0 Å². The summed E-state index contributed by atoms with van der Waals surface area (Å²) in [5.74, 6) is 0.804. The summed E-state index contributed by atoms with van der Waals surface area (Å²) in [7, 11) is 0. The molecular formula is C19H17N7O2S. The summed E-state index contributed by atoms with van der Waals surface area (Å²) in [6.45, 7) is 3.40. The average Bonchev–Trinajstić information content (AvgIpc) is 3.38. The van der Waals surface area contributed by atoms with Crippen LogP contribution in [-0.4, -0.2) is 36.3 Å². The zero-order valence-electron chi connectivity index (χ0n) is 15.7. The highest BCUT2D eigenvalue weighted by Gasteiger charge is 2.20. The molecule has 9 nitrogen and oxygen atoms in total. The normalized spacial score (nSPS) is 11.9. The van der Waals surface area contributed by atoms with Gasteiger partial charge in [0.05, 0.1) is 10.9 Å².